The molecule has 0 radical (unpaired) electrons. The quantitative estimate of drug-likeness (QED) is 0.274. The Morgan fingerprint density at radius 2 is 1.90 bits per heavy atom. The normalized spacial score (nSPS) is 10.9. The van der Waals surface area contributed by atoms with Crippen LogP contribution in [-0.2, 0) is 18.9 Å². The molecule has 0 N–H and O–H groups in total. The minimum absolute atomic E-state index is 0.200. The highest BCUT2D eigenvalue weighted by Gasteiger charge is 2.15. The Morgan fingerprint density at radius 1 is 1.13 bits per heavy atom. The van der Waals surface area contributed by atoms with Gasteiger partial charge < -0.3 is 9.26 Å². The molecule has 0 fully saturated rings. The Morgan fingerprint density at radius 3 is 2.65 bits per heavy atom. The van der Waals surface area contributed by atoms with E-state index in [1.807, 2.05) is 35.8 Å². The fourth-order valence-corrected chi connectivity index (χ4v) is 3.59. The highest BCUT2D eigenvalue weighted by atomic mass is 32.2. The molecule has 0 saturated carbocycles. The van der Waals surface area contributed by atoms with Gasteiger partial charge in [-0.1, -0.05) is 52.8 Å². The monoisotopic (exact) mass is 437 g/mol. The topological polar surface area (TPSA) is 78.9 Å². The number of hydrogen-bond donors (Lipinski definition) is 0. The Kier molecular flexibility index (Phi) is 6.42. The summed E-state index contributed by atoms with van der Waals surface area (Å²) in [6.45, 7) is 6.55. The first-order chi connectivity index (χ1) is 15.1. The molecule has 2 heterocycles. The van der Waals surface area contributed by atoms with Gasteiger partial charge in [-0.05, 0) is 31.2 Å². The largest absolute Gasteiger partial charge is 0.486 e. The number of aromatic nitrogens is 5. The molecule has 0 atom stereocenters. The molecular formula is C22H20FN5O2S. The van der Waals surface area contributed by atoms with Crippen molar-refractivity contribution in [2.45, 2.75) is 31.0 Å². The molecule has 0 bridgehead atoms. The van der Waals surface area contributed by atoms with Gasteiger partial charge in [0.05, 0.1) is 5.75 Å². The predicted octanol–water partition coefficient (Wildman–Crippen LogP) is 4.83. The van der Waals surface area contributed by atoms with Crippen molar-refractivity contribution in [2.24, 2.45) is 0 Å². The summed E-state index contributed by atoms with van der Waals surface area (Å²) in [5, 5.41) is 13.2. The first kappa shape index (κ1) is 20.8. The highest BCUT2D eigenvalue weighted by molar-refractivity contribution is 7.98. The summed E-state index contributed by atoms with van der Waals surface area (Å²) in [4.78, 5) is 4.46. The second-order valence-corrected chi connectivity index (χ2v) is 7.65. The molecule has 4 rings (SSSR count). The molecule has 4 aromatic rings. The lowest BCUT2D eigenvalue weighted by Crippen LogP contribution is -2.07. The van der Waals surface area contributed by atoms with Gasteiger partial charge in [0.1, 0.15) is 18.2 Å². The summed E-state index contributed by atoms with van der Waals surface area (Å²) in [5.41, 5.74) is 2.07. The van der Waals surface area contributed by atoms with E-state index in [0.29, 0.717) is 40.7 Å². The second-order valence-electron chi connectivity index (χ2n) is 6.71. The third-order valence-electron chi connectivity index (χ3n) is 4.39. The Hall–Kier alpha value is -3.46. The summed E-state index contributed by atoms with van der Waals surface area (Å²) in [5.74, 6) is 2.38. The summed E-state index contributed by atoms with van der Waals surface area (Å²) in [6.07, 6.45) is 1.76. The van der Waals surface area contributed by atoms with Crippen molar-refractivity contribution in [2.75, 3.05) is 0 Å². The minimum Gasteiger partial charge on any atom is -0.486 e. The number of thioether (sulfide) groups is 1. The lowest BCUT2D eigenvalue weighted by Gasteiger charge is -2.08. The second kappa shape index (κ2) is 9.57. The molecule has 2 aromatic heterocycles. The molecule has 158 valence electrons. The molecule has 31 heavy (non-hydrogen) atoms. The Balaban J connectivity index is 1.42. The van der Waals surface area contributed by atoms with Crippen LogP contribution in [0.2, 0.25) is 0 Å². The molecular weight excluding hydrogens is 417 g/mol. The number of halogens is 1. The third-order valence-corrected chi connectivity index (χ3v) is 5.34. The number of aryl methyl sites for hydroxylation is 1. The lowest BCUT2D eigenvalue weighted by molar-refractivity contribution is 0.288. The van der Waals surface area contributed by atoms with Crippen LogP contribution in [0.5, 0.6) is 5.75 Å². The van der Waals surface area contributed by atoms with E-state index in [0.717, 1.165) is 5.56 Å². The van der Waals surface area contributed by atoms with E-state index in [-0.39, 0.29) is 12.4 Å². The number of nitrogens with zero attached hydrogens (tertiary/aromatic N) is 5. The van der Waals surface area contributed by atoms with Crippen LogP contribution in [0, 0.1) is 12.7 Å². The smallest absolute Gasteiger partial charge is 0.237 e. The zero-order chi connectivity index (χ0) is 21.6. The van der Waals surface area contributed by atoms with Gasteiger partial charge in [-0.2, -0.15) is 4.98 Å². The van der Waals surface area contributed by atoms with E-state index >= 15 is 0 Å². The van der Waals surface area contributed by atoms with E-state index in [2.05, 4.69) is 26.9 Å². The molecule has 7 nitrogen and oxygen atoms in total. The molecule has 0 aliphatic rings. The van der Waals surface area contributed by atoms with E-state index < -0.39 is 0 Å². The fraction of sp³-hybridized carbons (Fsp3) is 0.182. The van der Waals surface area contributed by atoms with Crippen LogP contribution in [-0.4, -0.2) is 24.9 Å². The van der Waals surface area contributed by atoms with Crippen molar-refractivity contribution < 1.29 is 13.7 Å². The molecule has 9 heteroatoms. The maximum Gasteiger partial charge on any atom is 0.237 e. The van der Waals surface area contributed by atoms with Gasteiger partial charge in [-0.3, -0.25) is 4.57 Å². The highest BCUT2D eigenvalue weighted by Crippen LogP contribution is 2.24. The summed E-state index contributed by atoms with van der Waals surface area (Å²) < 4.78 is 26.0. The lowest BCUT2D eigenvalue weighted by atomic mass is 10.1. The molecule has 0 aliphatic heterocycles. The van der Waals surface area contributed by atoms with Gasteiger partial charge in [0.25, 0.3) is 0 Å². The van der Waals surface area contributed by atoms with Crippen LogP contribution in [0.3, 0.4) is 0 Å². The van der Waals surface area contributed by atoms with Gasteiger partial charge in [-0.15, -0.1) is 16.8 Å². The van der Waals surface area contributed by atoms with Gasteiger partial charge in [0.2, 0.25) is 11.7 Å². The van der Waals surface area contributed by atoms with Crippen LogP contribution < -0.4 is 4.74 Å². The van der Waals surface area contributed by atoms with Crippen molar-refractivity contribution >= 4 is 11.8 Å². The zero-order valence-electron chi connectivity index (χ0n) is 16.9. The van der Waals surface area contributed by atoms with Crippen molar-refractivity contribution in [1.82, 2.24) is 24.9 Å². The van der Waals surface area contributed by atoms with Gasteiger partial charge in [0.15, 0.2) is 11.0 Å². The summed E-state index contributed by atoms with van der Waals surface area (Å²) >= 11 is 1.44. The third kappa shape index (κ3) is 5.18. The number of allylic oxidation sites excluding steroid dienone is 1. The van der Waals surface area contributed by atoms with Crippen LogP contribution in [0.4, 0.5) is 4.39 Å². The first-order valence-electron chi connectivity index (χ1n) is 9.56. The maximum atomic E-state index is 13.0. The van der Waals surface area contributed by atoms with Gasteiger partial charge in [-0.25, -0.2) is 4.39 Å². The number of hydrogen-bond acceptors (Lipinski definition) is 7. The van der Waals surface area contributed by atoms with E-state index in [1.165, 1.54) is 29.5 Å². The molecule has 2 aromatic carbocycles. The predicted molar refractivity (Wildman–Crippen MR) is 115 cm³/mol. The molecule has 0 spiro atoms. The fourth-order valence-electron chi connectivity index (χ4n) is 2.78. The van der Waals surface area contributed by atoms with Crippen LogP contribution >= 0.6 is 11.8 Å². The molecule has 0 amide bonds. The van der Waals surface area contributed by atoms with E-state index in [9.17, 15) is 4.39 Å². The minimum atomic E-state index is -0.313. The van der Waals surface area contributed by atoms with Crippen LogP contribution in [0.1, 0.15) is 17.3 Å². The zero-order valence-corrected chi connectivity index (χ0v) is 17.7. The summed E-state index contributed by atoms with van der Waals surface area (Å²) in [6, 6.07) is 13.8. The van der Waals surface area contributed by atoms with Crippen molar-refractivity contribution in [3.05, 3.63) is 84.3 Å². The van der Waals surface area contributed by atoms with Crippen molar-refractivity contribution in [3.8, 4) is 17.1 Å². The van der Waals surface area contributed by atoms with Crippen molar-refractivity contribution in [3.63, 3.8) is 0 Å². The molecule has 0 unspecified atom stereocenters. The first-order valence-corrected chi connectivity index (χ1v) is 10.5. The standard InChI is InChI=1S/C22H20FN5O2S/c1-3-12-28-19(13-29-18-10-8-17(23)9-11-18)25-26-22(28)31-14-20-24-21(27-30-20)16-6-4-15(2)5-7-16/h3-11H,1,12-14H2,2H3. The van der Waals surface area contributed by atoms with Gasteiger partial charge in [0, 0.05) is 12.1 Å². The maximum absolute atomic E-state index is 13.0. The van der Waals surface area contributed by atoms with Crippen molar-refractivity contribution in [1.29, 1.82) is 0 Å². The molecule has 0 aliphatic carbocycles. The van der Waals surface area contributed by atoms with Crippen LogP contribution in [0.15, 0.2) is 70.9 Å². The van der Waals surface area contributed by atoms with E-state index in [4.69, 9.17) is 9.26 Å². The average molecular weight is 438 g/mol. The van der Waals surface area contributed by atoms with Gasteiger partial charge >= 0.3 is 0 Å². The average Bonchev–Trinajstić information content (AvgIpc) is 3.40. The summed E-state index contributed by atoms with van der Waals surface area (Å²) in [7, 11) is 0. The Labute approximate surface area is 183 Å². The number of rotatable bonds is 9. The van der Waals surface area contributed by atoms with E-state index in [1.54, 1.807) is 18.2 Å². The van der Waals surface area contributed by atoms with Crippen LogP contribution in [0.25, 0.3) is 11.4 Å². The Bertz CT molecular complexity index is 1160. The number of ether oxygens (including phenoxy) is 1. The SMILES string of the molecule is C=CCn1c(COc2ccc(F)cc2)nnc1SCc1nc(-c2ccc(C)cc2)no1. The molecule has 0 saturated heterocycles. The number of benzene rings is 2.